The van der Waals surface area contributed by atoms with Gasteiger partial charge in [-0.25, -0.2) is 14.2 Å². The molecule has 0 aromatic carbocycles. The van der Waals surface area contributed by atoms with Crippen molar-refractivity contribution in [3.8, 4) is 11.1 Å². The van der Waals surface area contributed by atoms with E-state index >= 15 is 0 Å². The number of primary amides is 1. The summed E-state index contributed by atoms with van der Waals surface area (Å²) in [6.07, 6.45) is 6.76. The molecule has 3 heterocycles. The molecule has 0 saturated carbocycles. The van der Waals surface area contributed by atoms with E-state index in [1.165, 1.54) is 11.1 Å². The number of carbonyl (C=O) groups is 1. The maximum absolute atomic E-state index is 13.9. The third kappa shape index (κ3) is 2.41. The zero-order valence-electron chi connectivity index (χ0n) is 12.3. The first kappa shape index (κ1) is 14.4. The Labute approximate surface area is 128 Å². The van der Waals surface area contributed by atoms with Crippen LogP contribution in [-0.2, 0) is 12.8 Å². The van der Waals surface area contributed by atoms with E-state index in [1.807, 2.05) is 13.0 Å². The van der Waals surface area contributed by atoms with Crippen molar-refractivity contribution in [2.24, 2.45) is 5.73 Å². The number of urea groups is 1. The smallest absolute Gasteiger partial charge is 0.320 e. The minimum absolute atomic E-state index is 0.309. The third-order valence-corrected chi connectivity index (χ3v) is 3.96. The van der Waals surface area contributed by atoms with Crippen LogP contribution in [0.2, 0.25) is 0 Å². The van der Waals surface area contributed by atoms with E-state index in [1.54, 1.807) is 12.4 Å². The van der Waals surface area contributed by atoms with Crippen molar-refractivity contribution in [2.75, 3.05) is 11.4 Å². The largest absolute Gasteiger partial charge is 0.351 e. The van der Waals surface area contributed by atoms with Crippen LogP contribution in [-0.4, -0.2) is 22.5 Å². The van der Waals surface area contributed by atoms with E-state index in [4.69, 9.17) is 5.73 Å². The minimum atomic E-state index is -0.497. The molecule has 0 saturated heterocycles. The zero-order valence-corrected chi connectivity index (χ0v) is 12.3. The molecule has 1 aliphatic rings. The number of nitrogens with zero attached hydrogens (tertiary/aromatic N) is 3. The number of aromatic nitrogens is 2. The summed E-state index contributed by atoms with van der Waals surface area (Å²) in [5, 5.41) is 0. The summed E-state index contributed by atoms with van der Waals surface area (Å²) in [7, 11) is 0. The van der Waals surface area contributed by atoms with Crippen LogP contribution in [0.15, 0.2) is 24.7 Å². The highest BCUT2D eigenvalue weighted by Gasteiger charge is 2.23. The van der Waals surface area contributed by atoms with Crippen molar-refractivity contribution in [1.82, 2.24) is 9.97 Å². The first-order valence-electron chi connectivity index (χ1n) is 7.30. The van der Waals surface area contributed by atoms with Crippen LogP contribution in [0.3, 0.4) is 0 Å². The number of hydrogen-bond acceptors (Lipinski definition) is 3. The van der Waals surface area contributed by atoms with Gasteiger partial charge in [0.25, 0.3) is 0 Å². The molecule has 0 atom stereocenters. The van der Waals surface area contributed by atoms with Gasteiger partial charge in [0.1, 0.15) is 11.6 Å². The number of aryl methyl sites for hydroxylation is 1. The summed E-state index contributed by atoms with van der Waals surface area (Å²) in [5.41, 5.74) is 8.52. The fourth-order valence-electron chi connectivity index (χ4n) is 2.90. The number of rotatable bonds is 2. The van der Waals surface area contributed by atoms with Crippen LogP contribution in [0.5, 0.6) is 0 Å². The Balaban J connectivity index is 2.08. The molecule has 6 heteroatoms. The van der Waals surface area contributed by atoms with Crippen LogP contribution in [0.4, 0.5) is 15.0 Å². The van der Waals surface area contributed by atoms with Gasteiger partial charge in [-0.05, 0) is 36.5 Å². The van der Waals surface area contributed by atoms with Gasteiger partial charge in [0, 0.05) is 30.1 Å². The van der Waals surface area contributed by atoms with E-state index in [0.29, 0.717) is 24.3 Å². The highest BCUT2D eigenvalue weighted by Crippen LogP contribution is 2.31. The molecule has 2 amide bonds. The normalized spacial score (nSPS) is 13.8. The number of nitrogens with two attached hydrogens (primary N) is 1. The molecule has 22 heavy (non-hydrogen) atoms. The maximum Gasteiger partial charge on any atom is 0.320 e. The number of hydrogen-bond donors (Lipinski definition) is 1. The third-order valence-electron chi connectivity index (χ3n) is 3.96. The molecule has 2 N–H and O–H groups in total. The molecule has 2 aromatic heterocycles. The van der Waals surface area contributed by atoms with E-state index in [0.717, 1.165) is 29.5 Å². The molecule has 0 bridgehead atoms. The molecule has 0 aliphatic carbocycles. The van der Waals surface area contributed by atoms with Gasteiger partial charge in [-0.15, -0.1) is 0 Å². The van der Waals surface area contributed by atoms with Crippen molar-refractivity contribution in [1.29, 1.82) is 0 Å². The highest BCUT2D eigenvalue weighted by molar-refractivity contribution is 5.91. The molecule has 114 valence electrons. The second-order valence-corrected chi connectivity index (χ2v) is 5.30. The second-order valence-electron chi connectivity index (χ2n) is 5.30. The van der Waals surface area contributed by atoms with Gasteiger partial charge in [-0.1, -0.05) is 6.92 Å². The van der Waals surface area contributed by atoms with Gasteiger partial charge in [0.15, 0.2) is 0 Å². The quantitative estimate of drug-likeness (QED) is 0.926. The average molecular weight is 300 g/mol. The molecule has 0 unspecified atom stereocenters. The van der Waals surface area contributed by atoms with Crippen molar-refractivity contribution in [3.05, 3.63) is 41.6 Å². The van der Waals surface area contributed by atoms with Gasteiger partial charge >= 0.3 is 6.03 Å². The van der Waals surface area contributed by atoms with E-state index in [-0.39, 0.29) is 5.82 Å². The summed E-state index contributed by atoms with van der Waals surface area (Å²) in [6.45, 7) is 2.49. The summed E-state index contributed by atoms with van der Waals surface area (Å²) in [5.74, 6) is 0.293. The van der Waals surface area contributed by atoms with Crippen molar-refractivity contribution in [3.63, 3.8) is 0 Å². The van der Waals surface area contributed by atoms with Crippen molar-refractivity contribution in [2.45, 2.75) is 26.2 Å². The van der Waals surface area contributed by atoms with Gasteiger partial charge in [-0.2, -0.15) is 0 Å². The molecule has 0 spiro atoms. The molecule has 5 nitrogen and oxygen atoms in total. The Kier molecular flexibility index (Phi) is 3.75. The lowest BCUT2D eigenvalue weighted by atomic mass is 9.97. The molecule has 0 radical (unpaired) electrons. The Hall–Kier alpha value is -2.50. The highest BCUT2D eigenvalue weighted by atomic mass is 19.1. The summed E-state index contributed by atoms with van der Waals surface area (Å²) in [4.78, 5) is 21.3. The predicted molar refractivity (Wildman–Crippen MR) is 82.1 cm³/mol. The number of halogens is 1. The molecular formula is C16H17FN4O. The van der Waals surface area contributed by atoms with Gasteiger partial charge in [-0.3, -0.25) is 9.88 Å². The summed E-state index contributed by atoms with van der Waals surface area (Å²) < 4.78 is 13.9. The number of carbonyl (C=O) groups excluding carboxylic acids is 1. The molecule has 3 rings (SSSR count). The Bertz CT molecular complexity index is 732. The lowest BCUT2D eigenvalue weighted by molar-refractivity contribution is 0.253. The van der Waals surface area contributed by atoms with Gasteiger partial charge in [0.2, 0.25) is 0 Å². The zero-order chi connectivity index (χ0) is 15.7. The van der Waals surface area contributed by atoms with E-state index < -0.39 is 6.03 Å². The van der Waals surface area contributed by atoms with Crippen LogP contribution < -0.4 is 10.6 Å². The predicted octanol–water partition coefficient (Wildman–Crippen LogP) is 2.68. The van der Waals surface area contributed by atoms with E-state index in [2.05, 4.69) is 9.97 Å². The molecule has 0 fully saturated rings. The Morgan fingerprint density at radius 3 is 2.95 bits per heavy atom. The number of anilines is 1. The van der Waals surface area contributed by atoms with Crippen molar-refractivity contribution < 1.29 is 9.18 Å². The second kappa shape index (κ2) is 5.71. The first-order chi connectivity index (χ1) is 10.6. The van der Waals surface area contributed by atoms with Gasteiger partial charge in [0.05, 0.1) is 6.20 Å². The number of amides is 2. The topological polar surface area (TPSA) is 72.1 Å². The lowest BCUT2D eigenvalue weighted by Crippen LogP contribution is -2.40. The lowest BCUT2D eigenvalue weighted by Gasteiger charge is -2.27. The van der Waals surface area contributed by atoms with Crippen LogP contribution in [0.1, 0.15) is 24.5 Å². The first-order valence-corrected chi connectivity index (χ1v) is 7.30. The van der Waals surface area contributed by atoms with Gasteiger partial charge < -0.3 is 5.73 Å². The fourth-order valence-corrected chi connectivity index (χ4v) is 2.90. The van der Waals surface area contributed by atoms with Crippen LogP contribution >= 0.6 is 0 Å². The molecular weight excluding hydrogens is 283 g/mol. The number of pyridine rings is 2. The number of fused-ring (bicyclic) bond motifs is 1. The van der Waals surface area contributed by atoms with Crippen LogP contribution in [0.25, 0.3) is 11.1 Å². The molecule has 1 aliphatic heterocycles. The van der Waals surface area contributed by atoms with Crippen LogP contribution in [0, 0.1) is 5.82 Å². The minimum Gasteiger partial charge on any atom is -0.351 e. The summed E-state index contributed by atoms with van der Waals surface area (Å²) >= 11 is 0. The maximum atomic E-state index is 13.9. The fraction of sp³-hybridized carbons (Fsp3) is 0.312. The molecule has 2 aromatic rings. The van der Waals surface area contributed by atoms with Crippen molar-refractivity contribution >= 4 is 11.8 Å². The Morgan fingerprint density at radius 1 is 1.41 bits per heavy atom. The SMILES string of the molecule is CCc1c(F)cncc1-c1cnc2c(c1)CCCN2C(N)=O. The Morgan fingerprint density at radius 2 is 2.23 bits per heavy atom. The summed E-state index contributed by atoms with van der Waals surface area (Å²) in [6, 6.07) is 1.45. The standard InChI is InChI=1S/C16H17FN4O/c1-2-12-13(8-19-9-14(12)17)11-6-10-4-3-5-21(16(18)22)15(10)20-7-11/h6-9H,2-5H2,1H3,(H2,18,22). The van der Waals surface area contributed by atoms with E-state index in [9.17, 15) is 9.18 Å². The monoisotopic (exact) mass is 300 g/mol. The average Bonchev–Trinajstić information content (AvgIpc) is 2.53.